The first-order valence-electron chi connectivity index (χ1n) is 15.4. The molecule has 4 aromatic carbocycles. The summed E-state index contributed by atoms with van der Waals surface area (Å²) >= 11 is 0. The molecular weight excluding hydrogens is 582 g/mol. The monoisotopic (exact) mass is 625 g/mol. The molecule has 0 heterocycles. The molecule has 45 heavy (non-hydrogen) atoms. The number of nitrogens with one attached hydrogen (secondary N) is 1. The summed E-state index contributed by atoms with van der Waals surface area (Å²) in [6.45, 7) is 8.26. The Kier molecular flexibility index (Phi) is 11.5. The third-order valence-electron chi connectivity index (χ3n) is 7.61. The van der Waals surface area contributed by atoms with E-state index in [1.54, 1.807) is 30.3 Å². The Balaban J connectivity index is 1.78. The maximum absolute atomic E-state index is 14.5. The van der Waals surface area contributed by atoms with E-state index in [-0.39, 0.29) is 35.6 Å². The molecule has 1 atom stereocenters. The van der Waals surface area contributed by atoms with E-state index in [2.05, 4.69) is 19.2 Å². The summed E-state index contributed by atoms with van der Waals surface area (Å²) in [7, 11) is -4.13. The fourth-order valence-corrected chi connectivity index (χ4v) is 6.47. The maximum Gasteiger partial charge on any atom is 0.264 e. The van der Waals surface area contributed by atoms with Gasteiger partial charge in [-0.05, 0) is 52.8 Å². The van der Waals surface area contributed by atoms with Crippen LogP contribution in [0.25, 0.3) is 0 Å². The molecule has 0 saturated carbocycles. The van der Waals surface area contributed by atoms with Gasteiger partial charge in [0.25, 0.3) is 10.0 Å². The highest BCUT2D eigenvalue weighted by Crippen LogP contribution is 2.27. The fourth-order valence-electron chi connectivity index (χ4n) is 5.03. The van der Waals surface area contributed by atoms with Crippen LogP contribution in [-0.4, -0.2) is 44.3 Å². The van der Waals surface area contributed by atoms with Crippen molar-refractivity contribution >= 4 is 27.5 Å². The third-order valence-corrected chi connectivity index (χ3v) is 9.40. The molecule has 0 aliphatic rings. The minimum absolute atomic E-state index is 0.0795. The molecule has 7 nitrogen and oxygen atoms in total. The van der Waals surface area contributed by atoms with Crippen molar-refractivity contribution in [3.8, 4) is 0 Å². The predicted octanol–water partition coefficient (Wildman–Crippen LogP) is 6.42. The molecule has 0 aromatic heterocycles. The topological polar surface area (TPSA) is 86.8 Å². The van der Waals surface area contributed by atoms with Gasteiger partial charge in [0.1, 0.15) is 12.6 Å². The molecule has 0 saturated heterocycles. The third kappa shape index (κ3) is 9.05. The molecule has 2 amide bonds. The molecular formula is C37H43N3O4S. The number of hydrogen-bond acceptors (Lipinski definition) is 4. The van der Waals surface area contributed by atoms with Gasteiger partial charge in [0.05, 0.1) is 10.6 Å². The van der Waals surface area contributed by atoms with Crippen molar-refractivity contribution in [2.45, 2.75) is 57.5 Å². The van der Waals surface area contributed by atoms with Crippen LogP contribution in [0.15, 0.2) is 120 Å². The zero-order valence-electron chi connectivity index (χ0n) is 26.5. The van der Waals surface area contributed by atoms with E-state index >= 15 is 0 Å². The van der Waals surface area contributed by atoms with Crippen molar-refractivity contribution in [2.75, 3.05) is 17.4 Å². The predicted molar refractivity (Wildman–Crippen MR) is 180 cm³/mol. The Morgan fingerprint density at radius 3 is 1.78 bits per heavy atom. The van der Waals surface area contributed by atoms with Gasteiger partial charge < -0.3 is 10.2 Å². The number of nitrogens with zero attached hydrogens (tertiary/aromatic N) is 2. The highest BCUT2D eigenvalue weighted by molar-refractivity contribution is 7.92. The lowest BCUT2D eigenvalue weighted by Crippen LogP contribution is -2.53. The van der Waals surface area contributed by atoms with E-state index in [1.165, 1.54) is 17.0 Å². The van der Waals surface area contributed by atoms with E-state index in [0.29, 0.717) is 12.2 Å². The van der Waals surface area contributed by atoms with E-state index in [0.717, 1.165) is 21.0 Å². The van der Waals surface area contributed by atoms with Gasteiger partial charge in [-0.1, -0.05) is 119 Å². The largest absolute Gasteiger partial charge is 0.354 e. The SMILES string of the molecule is CC(C)CNC(=O)[C@H](Cc1ccccc1)N(Cc1ccccc1)C(=O)CN(c1ccc(C(C)C)cc1)S(=O)(=O)c1ccccc1. The van der Waals surface area contributed by atoms with Crippen LogP contribution in [0.3, 0.4) is 0 Å². The van der Waals surface area contributed by atoms with Crippen molar-refractivity contribution in [2.24, 2.45) is 5.92 Å². The fraction of sp³-hybridized carbons (Fsp3) is 0.297. The van der Waals surface area contributed by atoms with Gasteiger partial charge in [-0.2, -0.15) is 0 Å². The van der Waals surface area contributed by atoms with Crippen LogP contribution in [0.2, 0.25) is 0 Å². The summed E-state index contributed by atoms with van der Waals surface area (Å²) in [6.07, 6.45) is 0.276. The molecule has 0 fully saturated rings. The molecule has 0 unspecified atom stereocenters. The van der Waals surface area contributed by atoms with Crippen molar-refractivity contribution in [3.05, 3.63) is 132 Å². The molecule has 236 valence electrons. The van der Waals surface area contributed by atoms with Crippen molar-refractivity contribution in [3.63, 3.8) is 0 Å². The first-order chi connectivity index (χ1) is 21.6. The van der Waals surface area contributed by atoms with Crippen molar-refractivity contribution in [1.82, 2.24) is 10.2 Å². The molecule has 0 aliphatic carbocycles. The number of sulfonamides is 1. The smallest absolute Gasteiger partial charge is 0.264 e. The first-order valence-corrected chi connectivity index (χ1v) is 16.8. The second kappa shape index (κ2) is 15.5. The standard InChI is InChI=1S/C37H43N3O4S/c1-28(2)25-38-37(42)35(24-30-14-8-5-9-15-30)39(26-31-16-10-6-11-17-31)36(41)27-40(33-22-20-32(21-23-33)29(3)4)45(43,44)34-18-12-7-13-19-34/h5-23,28-29,35H,24-27H2,1-4H3,(H,38,42)/t35-/m0/s1. The summed E-state index contributed by atoms with van der Waals surface area (Å²) < 4.78 is 29.4. The van der Waals surface area contributed by atoms with E-state index < -0.39 is 28.5 Å². The van der Waals surface area contributed by atoms with Crippen LogP contribution in [-0.2, 0) is 32.6 Å². The summed E-state index contributed by atoms with van der Waals surface area (Å²) in [5.74, 6) is -0.295. The van der Waals surface area contributed by atoms with Gasteiger partial charge in [-0.15, -0.1) is 0 Å². The van der Waals surface area contributed by atoms with Crippen LogP contribution >= 0.6 is 0 Å². The van der Waals surface area contributed by atoms with Crippen LogP contribution in [0.1, 0.15) is 50.3 Å². The number of amides is 2. The zero-order chi connectivity index (χ0) is 32.4. The highest BCUT2D eigenvalue weighted by atomic mass is 32.2. The van der Waals surface area contributed by atoms with Crippen LogP contribution < -0.4 is 9.62 Å². The lowest BCUT2D eigenvalue weighted by molar-refractivity contribution is -0.140. The minimum Gasteiger partial charge on any atom is -0.354 e. The first kappa shape index (κ1) is 33.5. The number of anilines is 1. The molecule has 8 heteroatoms. The van der Waals surface area contributed by atoms with Gasteiger partial charge in [-0.25, -0.2) is 8.42 Å². The molecule has 0 radical (unpaired) electrons. The van der Waals surface area contributed by atoms with E-state index in [4.69, 9.17) is 0 Å². The maximum atomic E-state index is 14.5. The van der Waals surface area contributed by atoms with E-state index in [1.807, 2.05) is 86.6 Å². The van der Waals surface area contributed by atoms with Crippen LogP contribution in [0.4, 0.5) is 5.69 Å². The number of benzene rings is 4. The molecule has 4 rings (SSSR count). The summed E-state index contributed by atoms with van der Waals surface area (Å²) in [5, 5.41) is 3.02. The van der Waals surface area contributed by atoms with Gasteiger partial charge in [0, 0.05) is 19.5 Å². The molecule has 0 aliphatic heterocycles. The number of carbonyl (C=O) groups excluding carboxylic acids is 2. The summed E-state index contributed by atoms with van der Waals surface area (Å²) in [6, 6.07) is 33.5. The van der Waals surface area contributed by atoms with E-state index in [9.17, 15) is 18.0 Å². The molecule has 1 N–H and O–H groups in total. The average Bonchev–Trinajstić information content (AvgIpc) is 3.05. The Labute approximate surface area is 268 Å². The lowest BCUT2D eigenvalue weighted by atomic mass is 10.0. The van der Waals surface area contributed by atoms with Crippen molar-refractivity contribution in [1.29, 1.82) is 0 Å². The Morgan fingerprint density at radius 1 is 0.711 bits per heavy atom. The second-order valence-corrected chi connectivity index (χ2v) is 13.8. The number of rotatable bonds is 14. The molecule has 0 bridgehead atoms. The van der Waals surface area contributed by atoms with Crippen LogP contribution in [0.5, 0.6) is 0 Å². The normalized spacial score (nSPS) is 12.1. The number of carbonyl (C=O) groups is 2. The lowest BCUT2D eigenvalue weighted by Gasteiger charge is -2.34. The Morgan fingerprint density at radius 2 is 1.24 bits per heavy atom. The second-order valence-electron chi connectivity index (χ2n) is 11.9. The van der Waals surface area contributed by atoms with Gasteiger partial charge in [0.15, 0.2) is 0 Å². The summed E-state index contributed by atoms with van der Waals surface area (Å²) in [4.78, 5) is 29.9. The average molecular weight is 626 g/mol. The zero-order valence-corrected chi connectivity index (χ0v) is 27.3. The van der Waals surface area contributed by atoms with Gasteiger partial charge in [-0.3, -0.25) is 13.9 Å². The molecule has 4 aromatic rings. The van der Waals surface area contributed by atoms with Crippen LogP contribution in [0, 0.1) is 5.92 Å². The van der Waals surface area contributed by atoms with Gasteiger partial charge >= 0.3 is 0 Å². The Hall–Kier alpha value is -4.43. The molecule has 0 spiro atoms. The Bertz CT molecular complexity index is 1630. The minimum atomic E-state index is -4.13. The quantitative estimate of drug-likeness (QED) is 0.175. The number of hydrogen-bond donors (Lipinski definition) is 1. The van der Waals surface area contributed by atoms with Gasteiger partial charge in [0.2, 0.25) is 11.8 Å². The highest BCUT2D eigenvalue weighted by Gasteiger charge is 2.34. The summed E-state index contributed by atoms with van der Waals surface area (Å²) in [5.41, 5.74) is 3.16. The van der Waals surface area contributed by atoms with Crippen molar-refractivity contribution < 1.29 is 18.0 Å².